The lowest BCUT2D eigenvalue weighted by atomic mass is 9.93. The summed E-state index contributed by atoms with van der Waals surface area (Å²) in [5.74, 6) is -0.493. The van der Waals surface area contributed by atoms with Crippen molar-refractivity contribution >= 4 is 17.7 Å². The van der Waals surface area contributed by atoms with E-state index >= 15 is 0 Å². The third-order valence-corrected chi connectivity index (χ3v) is 5.00. The maximum Gasteiger partial charge on any atom is 0.254 e. The minimum Gasteiger partial charge on any atom is -0.356 e. The van der Waals surface area contributed by atoms with Crippen LogP contribution in [0.3, 0.4) is 0 Å². The lowest BCUT2D eigenvalue weighted by Gasteiger charge is -2.42. The highest BCUT2D eigenvalue weighted by molar-refractivity contribution is 5.90. The number of rotatable bonds is 2. The average molecular weight is 345 g/mol. The third kappa shape index (κ3) is 3.24. The molecule has 7 nitrogen and oxygen atoms in total. The zero-order valence-corrected chi connectivity index (χ0v) is 14.8. The number of morpholine rings is 1. The molecular formula is C18H23N3O4. The van der Waals surface area contributed by atoms with Crippen LogP contribution in [0.4, 0.5) is 0 Å². The lowest BCUT2D eigenvalue weighted by Crippen LogP contribution is -2.58. The summed E-state index contributed by atoms with van der Waals surface area (Å²) in [6.07, 6.45) is -0.806. The van der Waals surface area contributed by atoms with Gasteiger partial charge in [0.2, 0.25) is 11.8 Å². The van der Waals surface area contributed by atoms with E-state index in [1.165, 1.54) is 4.90 Å². The zero-order chi connectivity index (χ0) is 18.1. The molecule has 3 amide bonds. The lowest BCUT2D eigenvalue weighted by molar-refractivity contribution is -0.170. The minimum atomic E-state index is -0.806. The monoisotopic (exact) mass is 345 g/mol. The highest BCUT2D eigenvalue weighted by Gasteiger charge is 2.43. The Morgan fingerprint density at radius 3 is 2.52 bits per heavy atom. The Bertz CT molecular complexity index is 705. The number of nitrogens with zero attached hydrogens (tertiary/aromatic N) is 3. The summed E-state index contributed by atoms with van der Waals surface area (Å²) >= 11 is 0. The molecule has 3 rings (SSSR count). The van der Waals surface area contributed by atoms with Gasteiger partial charge in [0.1, 0.15) is 6.61 Å². The highest BCUT2D eigenvalue weighted by Crippen LogP contribution is 2.32. The summed E-state index contributed by atoms with van der Waals surface area (Å²) in [6.45, 7) is 2.84. The molecule has 134 valence electrons. The summed E-state index contributed by atoms with van der Waals surface area (Å²) in [5, 5.41) is 0. The van der Waals surface area contributed by atoms with E-state index in [1.54, 1.807) is 23.9 Å². The number of carbonyl (C=O) groups excluding carboxylic acids is 3. The van der Waals surface area contributed by atoms with E-state index in [0.717, 1.165) is 11.1 Å². The first kappa shape index (κ1) is 17.4. The van der Waals surface area contributed by atoms with E-state index in [9.17, 15) is 14.4 Å². The normalized spacial score (nSPS) is 24.7. The molecule has 2 aliphatic rings. The van der Waals surface area contributed by atoms with Gasteiger partial charge in [0, 0.05) is 27.2 Å². The van der Waals surface area contributed by atoms with Crippen LogP contribution in [0.15, 0.2) is 24.3 Å². The predicted molar refractivity (Wildman–Crippen MR) is 90.6 cm³/mol. The van der Waals surface area contributed by atoms with Crippen molar-refractivity contribution < 1.29 is 19.1 Å². The Morgan fingerprint density at radius 2 is 1.84 bits per heavy atom. The van der Waals surface area contributed by atoms with Crippen LogP contribution in [0.5, 0.6) is 0 Å². The average Bonchev–Trinajstić information content (AvgIpc) is 2.60. The Hall–Kier alpha value is -2.41. The Labute approximate surface area is 147 Å². The Morgan fingerprint density at radius 1 is 1.12 bits per heavy atom. The zero-order valence-electron chi connectivity index (χ0n) is 14.8. The summed E-state index contributed by atoms with van der Waals surface area (Å²) in [5.41, 5.74) is 1.88. The van der Waals surface area contributed by atoms with Crippen LogP contribution in [-0.2, 0) is 19.1 Å². The van der Waals surface area contributed by atoms with E-state index in [1.807, 2.05) is 31.2 Å². The highest BCUT2D eigenvalue weighted by atomic mass is 16.5. The molecule has 2 heterocycles. The van der Waals surface area contributed by atoms with Gasteiger partial charge in [-0.1, -0.05) is 24.3 Å². The van der Waals surface area contributed by atoms with Crippen molar-refractivity contribution in [1.82, 2.24) is 14.7 Å². The van der Waals surface area contributed by atoms with Crippen molar-refractivity contribution in [1.29, 1.82) is 0 Å². The molecule has 0 bridgehead atoms. The van der Waals surface area contributed by atoms with E-state index in [2.05, 4.69) is 0 Å². The molecule has 0 radical (unpaired) electrons. The van der Waals surface area contributed by atoms with Gasteiger partial charge in [0.05, 0.1) is 12.6 Å². The summed E-state index contributed by atoms with van der Waals surface area (Å²) in [6, 6.07) is 7.16. The number of hydrogen-bond donors (Lipinski definition) is 0. The number of benzene rings is 1. The van der Waals surface area contributed by atoms with Gasteiger partial charge < -0.3 is 19.4 Å². The molecule has 0 saturated carbocycles. The number of carbonyl (C=O) groups is 3. The maximum atomic E-state index is 13.0. The van der Waals surface area contributed by atoms with Crippen LogP contribution < -0.4 is 0 Å². The second-order valence-electron chi connectivity index (χ2n) is 6.61. The largest absolute Gasteiger partial charge is 0.356 e. The van der Waals surface area contributed by atoms with Crippen molar-refractivity contribution in [2.45, 2.75) is 19.1 Å². The Kier molecular flexibility index (Phi) is 4.76. The molecule has 1 aromatic rings. The maximum absolute atomic E-state index is 13.0. The molecule has 0 aliphatic carbocycles. The van der Waals surface area contributed by atoms with Gasteiger partial charge in [-0.25, -0.2) is 0 Å². The Balaban J connectivity index is 1.90. The molecule has 2 aliphatic heterocycles. The second-order valence-corrected chi connectivity index (χ2v) is 6.61. The number of amides is 3. The first-order chi connectivity index (χ1) is 11.9. The molecule has 25 heavy (non-hydrogen) atoms. The van der Waals surface area contributed by atoms with Crippen LogP contribution in [0.1, 0.15) is 17.2 Å². The molecule has 2 saturated heterocycles. The van der Waals surface area contributed by atoms with Gasteiger partial charge >= 0.3 is 0 Å². The summed E-state index contributed by atoms with van der Waals surface area (Å²) < 4.78 is 5.65. The fourth-order valence-corrected chi connectivity index (χ4v) is 3.34. The molecule has 7 heteroatoms. The van der Waals surface area contributed by atoms with Gasteiger partial charge in [-0.05, 0) is 18.1 Å². The van der Waals surface area contributed by atoms with Gasteiger partial charge in [-0.2, -0.15) is 0 Å². The second kappa shape index (κ2) is 6.84. The van der Waals surface area contributed by atoms with E-state index in [0.29, 0.717) is 13.1 Å². The SMILES string of the molecule is Cc1ccccc1C1C(C(=O)N2CCN(C)C(=O)C2)OCC(=O)N1C. The van der Waals surface area contributed by atoms with Crippen molar-refractivity contribution in [2.24, 2.45) is 0 Å². The summed E-state index contributed by atoms with van der Waals surface area (Å²) in [7, 11) is 3.42. The van der Waals surface area contributed by atoms with Crippen LogP contribution in [0.2, 0.25) is 0 Å². The molecular weight excluding hydrogens is 322 g/mol. The van der Waals surface area contributed by atoms with Crippen molar-refractivity contribution in [2.75, 3.05) is 40.3 Å². The van der Waals surface area contributed by atoms with Gasteiger partial charge in [0.25, 0.3) is 5.91 Å². The number of aryl methyl sites for hydroxylation is 1. The molecule has 1 aromatic carbocycles. The standard InChI is InChI=1S/C18H23N3O4/c1-12-6-4-5-7-13(12)16-17(25-11-15(23)20(16)3)18(24)21-9-8-19(2)14(22)10-21/h4-7,16-17H,8-11H2,1-3H3. The smallest absolute Gasteiger partial charge is 0.254 e. The van der Waals surface area contributed by atoms with Crippen LogP contribution in [0, 0.1) is 6.92 Å². The van der Waals surface area contributed by atoms with Crippen molar-refractivity contribution in [3.8, 4) is 0 Å². The van der Waals surface area contributed by atoms with E-state index < -0.39 is 12.1 Å². The van der Waals surface area contributed by atoms with Crippen LogP contribution in [0.25, 0.3) is 0 Å². The van der Waals surface area contributed by atoms with E-state index in [-0.39, 0.29) is 30.9 Å². The van der Waals surface area contributed by atoms with Crippen LogP contribution in [-0.4, -0.2) is 78.9 Å². The van der Waals surface area contributed by atoms with Gasteiger partial charge in [-0.3, -0.25) is 14.4 Å². The predicted octanol–water partition coefficient (Wildman–Crippen LogP) is 0.194. The van der Waals surface area contributed by atoms with E-state index in [4.69, 9.17) is 4.74 Å². The molecule has 2 atom stereocenters. The fraction of sp³-hybridized carbons (Fsp3) is 0.500. The van der Waals surface area contributed by atoms with Crippen molar-refractivity contribution in [3.63, 3.8) is 0 Å². The van der Waals surface area contributed by atoms with Gasteiger partial charge in [-0.15, -0.1) is 0 Å². The molecule has 0 aromatic heterocycles. The molecule has 0 N–H and O–H groups in total. The fourth-order valence-electron chi connectivity index (χ4n) is 3.34. The van der Waals surface area contributed by atoms with Crippen LogP contribution >= 0.6 is 0 Å². The van der Waals surface area contributed by atoms with Crippen molar-refractivity contribution in [3.05, 3.63) is 35.4 Å². The quantitative estimate of drug-likeness (QED) is 0.767. The number of ether oxygens (including phenoxy) is 1. The minimum absolute atomic E-state index is 0.0490. The first-order valence-electron chi connectivity index (χ1n) is 8.35. The molecule has 2 fully saturated rings. The van der Waals surface area contributed by atoms with Gasteiger partial charge in [0.15, 0.2) is 6.10 Å². The first-order valence-corrected chi connectivity index (χ1v) is 8.35. The molecule has 2 unspecified atom stereocenters. The number of likely N-dealkylation sites (N-methyl/N-ethyl adjacent to an activating group) is 2. The third-order valence-electron chi connectivity index (χ3n) is 5.00. The number of hydrogen-bond acceptors (Lipinski definition) is 4. The summed E-state index contributed by atoms with van der Waals surface area (Å²) in [4.78, 5) is 41.8. The molecule has 0 spiro atoms. The topological polar surface area (TPSA) is 70.2 Å². The number of piperazine rings is 1.